The van der Waals surface area contributed by atoms with Gasteiger partial charge in [0.05, 0.1) is 31.5 Å². The van der Waals surface area contributed by atoms with E-state index in [0.29, 0.717) is 11.3 Å². The standard InChI is InChI=1S/C21H19ClN2O5/c1-4-29-21(26)16-10-17(22)18(11-19(16)28-3)24-20(25)14(12-23)9-13-5-7-15(27-2)8-6-13/h5-11H,4H2,1-3H3,(H,24,25)/b14-9+. The van der Waals surface area contributed by atoms with Gasteiger partial charge in [-0.1, -0.05) is 23.7 Å². The van der Waals surface area contributed by atoms with Crippen LogP contribution in [0.4, 0.5) is 5.69 Å². The van der Waals surface area contributed by atoms with Crippen molar-refractivity contribution in [2.24, 2.45) is 0 Å². The largest absolute Gasteiger partial charge is 0.497 e. The molecule has 150 valence electrons. The maximum absolute atomic E-state index is 12.5. The predicted molar refractivity (Wildman–Crippen MR) is 109 cm³/mol. The Morgan fingerprint density at radius 3 is 2.41 bits per heavy atom. The second-order valence-corrected chi connectivity index (χ2v) is 6.06. The van der Waals surface area contributed by atoms with Crippen molar-refractivity contribution in [3.8, 4) is 17.6 Å². The molecule has 0 spiro atoms. The molecular weight excluding hydrogens is 396 g/mol. The zero-order valence-electron chi connectivity index (χ0n) is 16.1. The molecule has 29 heavy (non-hydrogen) atoms. The molecule has 2 aromatic carbocycles. The van der Waals surface area contributed by atoms with Gasteiger partial charge in [-0.3, -0.25) is 4.79 Å². The molecule has 8 heteroatoms. The number of hydrogen-bond donors (Lipinski definition) is 1. The number of nitrogens with one attached hydrogen (secondary N) is 1. The van der Waals surface area contributed by atoms with Gasteiger partial charge in [-0.05, 0) is 36.8 Å². The number of nitriles is 1. The van der Waals surface area contributed by atoms with Crippen LogP contribution in [-0.4, -0.2) is 32.7 Å². The number of esters is 1. The smallest absolute Gasteiger partial charge is 0.341 e. The third-order valence-corrected chi connectivity index (χ3v) is 4.14. The van der Waals surface area contributed by atoms with Gasteiger partial charge in [0, 0.05) is 6.07 Å². The maximum Gasteiger partial charge on any atom is 0.341 e. The fourth-order valence-corrected chi connectivity index (χ4v) is 2.60. The molecule has 0 radical (unpaired) electrons. The molecule has 0 aromatic heterocycles. The van der Waals surface area contributed by atoms with Gasteiger partial charge in [-0.25, -0.2) is 4.79 Å². The van der Waals surface area contributed by atoms with Gasteiger partial charge < -0.3 is 19.5 Å². The van der Waals surface area contributed by atoms with Gasteiger partial charge in [-0.15, -0.1) is 0 Å². The first-order valence-electron chi connectivity index (χ1n) is 8.55. The van der Waals surface area contributed by atoms with E-state index in [1.165, 1.54) is 25.3 Å². The Morgan fingerprint density at radius 1 is 1.17 bits per heavy atom. The second kappa shape index (κ2) is 10.2. The number of hydrogen-bond acceptors (Lipinski definition) is 6. The molecule has 0 aliphatic carbocycles. The molecule has 0 saturated carbocycles. The average Bonchev–Trinajstić information content (AvgIpc) is 2.73. The molecular formula is C21H19ClN2O5. The lowest BCUT2D eigenvalue weighted by Gasteiger charge is -2.12. The van der Waals surface area contributed by atoms with Crippen LogP contribution in [0, 0.1) is 11.3 Å². The van der Waals surface area contributed by atoms with E-state index in [0.717, 1.165) is 0 Å². The molecule has 2 rings (SSSR count). The number of anilines is 1. The van der Waals surface area contributed by atoms with E-state index in [1.807, 2.05) is 6.07 Å². The van der Waals surface area contributed by atoms with E-state index < -0.39 is 11.9 Å². The average molecular weight is 415 g/mol. The molecule has 2 aromatic rings. The Morgan fingerprint density at radius 2 is 1.86 bits per heavy atom. The number of methoxy groups -OCH3 is 2. The summed E-state index contributed by atoms with van der Waals surface area (Å²) in [7, 11) is 2.92. The van der Waals surface area contributed by atoms with Crippen LogP contribution in [0.3, 0.4) is 0 Å². The van der Waals surface area contributed by atoms with Crippen molar-refractivity contribution in [3.05, 3.63) is 58.1 Å². The zero-order valence-corrected chi connectivity index (χ0v) is 16.9. The first-order valence-corrected chi connectivity index (χ1v) is 8.93. The van der Waals surface area contributed by atoms with Crippen molar-refractivity contribution in [1.82, 2.24) is 0 Å². The molecule has 0 bridgehead atoms. The molecule has 0 aliphatic rings. The van der Waals surface area contributed by atoms with Crippen LogP contribution in [0.1, 0.15) is 22.8 Å². The minimum Gasteiger partial charge on any atom is -0.497 e. The van der Waals surface area contributed by atoms with Gasteiger partial charge in [0.2, 0.25) is 0 Å². The normalized spacial score (nSPS) is 10.7. The van der Waals surface area contributed by atoms with E-state index in [-0.39, 0.29) is 34.2 Å². The first-order chi connectivity index (χ1) is 13.9. The molecule has 1 amide bonds. The van der Waals surface area contributed by atoms with Crippen LogP contribution in [0.15, 0.2) is 42.0 Å². The maximum atomic E-state index is 12.5. The van der Waals surface area contributed by atoms with Crippen LogP contribution < -0.4 is 14.8 Å². The summed E-state index contributed by atoms with van der Waals surface area (Å²) in [6.45, 7) is 1.87. The molecule has 1 N–H and O–H groups in total. The van der Waals surface area contributed by atoms with Gasteiger partial charge >= 0.3 is 5.97 Å². The monoisotopic (exact) mass is 414 g/mol. The Balaban J connectivity index is 2.29. The first kappa shape index (κ1) is 21.8. The summed E-state index contributed by atoms with van der Waals surface area (Å²) in [5.41, 5.74) is 0.850. The number of carbonyl (C=O) groups excluding carboxylic acids is 2. The van der Waals surface area contributed by atoms with Crippen LogP contribution in [0.2, 0.25) is 5.02 Å². The van der Waals surface area contributed by atoms with Crippen molar-refractivity contribution in [3.63, 3.8) is 0 Å². The Kier molecular flexibility index (Phi) is 7.63. The lowest BCUT2D eigenvalue weighted by atomic mass is 10.1. The second-order valence-electron chi connectivity index (χ2n) is 5.65. The zero-order chi connectivity index (χ0) is 21.4. The Labute approximate surface area is 173 Å². The van der Waals surface area contributed by atoms with E-state index >= 15 is 0 Å². The van der Waals surface area contributed by atoms with Crippen LogP contribution in [0.25, 0.3) is 6.08 Å². The molecule has 7 nitrogen and oxygen atoms in total. The van der Waals surface area contributed by atoms with Crippen molar-refractivity contribution in [2.45, 2.75) is 6.92 Å². The van der Waals surface area contributed by atoms with Crippen molar-refractivity contribution >= 4 is 35.2 Å². The van der Waals surface area contributed by atoms with Gasteiger partial charge in [0.1, 0.15) is 28.7 Å². The fourth-order valence-electron chi connectivity index (χ4n) is 2.39. The molecule has 0 saturated heterocycles. The van der Waals surface area contributed by atoms with Crippen LogP contribution in [-0.2, 0) is 9.53 Å². The summed E-state index contributed by atoms with van der Waals surface area (Å²) >= 11 is 6.19. The number of halogens is 1. The summed E-state index contributed by atoms with van der Waals surface area (Å²) in [4.78, 5) is 24.5. The van der Waals surface area contributed by atoms with E-state index in [2.05, 4.69) is 5.32 Å². The minimum atomic E-state index is -0.656. The number of nitrogens with zero attached hydrogens (tertiary/aromatic N) is 1. The lowest BCUT2D eigenvalue weighted by molar-refractivity contribution is -0.112. The van der Waals surface area contributed by atoms with E-state index in [4.69, 9.17) is 25.8 Å². The summed E-state index contributed by atoms with van der Waals surface area (Å²) in [5.74, 6) is -0.413. The minimum absolute atomic E-state index is 0.101. The van der Waals surface area contributed by atoms with Gasteiger partial charge in [0.15, 0.2) is 0 Å². The number of ether oxygens (including phenoxy) is 3. The van der Waals surface area contributed by atoms with Gasteiger partial charge in [-0.2, -0.15) is 5.26 Å². The summed E-state index contributed by atoms with van der Waals surface area (Å²) in [5, 5.41) is 12.0. The summed E-state index contributed by atoms with van der Waals surface area (Å²) in [6, 6.07) is 11.5. The number of carbonyl (C=O) groups is 2. The number of rotatable bonds is 7. The highest BCUT2D eigenvalue weighted by molar-refractivity contribution is 6.34. The third-order valence-electron chi connectivity index (χ3n) is 3.82. The van der Waals surface area contributed by atoms with Crippen LogP contribution >= 0.6 is 11.6 Å². The number of amides is 1. The number of benzene rings is 2. The van der Waals surface area contributed by atoms with Crippen molar-refractivity contribution < 1.29 is 23.8 Å². The van der Waals surface area contributed by atoms with Crippen LogP contribution in [0.5, 0.6) is 11.5 Å². The Hall–Kier alpha value is -3.50. The molecule has 0 unspecified atom stereocenters. The highest BCUT2D eigenvalue weighted by atomic mass is 35.5. The summed E-state index contributed by atoms with van der Waals surface area (Å²) in [6.07, 6.45) is 1.44. The van der Waals surface area contributed by atoms with E-state index in [9.17, 15) is 14.9 Å². The fraction of sp³-hybridized carbons (Fsp3) is 0.190. The lowest BCUT2D eigenvalue weighted by Crippen LogP contribution is -2.15. The highest BCUT2D eigenvalue weighted by Crippen LogP contribution is 2.32. The SMILES string of the molecule is CCOC(=O)c1cc(Cl)c(NC(=O)/C(C#N)=C/c2ccc(OC)cc2)cc1OC. The molecule has 0 atom stereocenters. The molecule has 0 heterocycles. The predicted octanol–water partition coefficient (Wildman–Crippen LogP) is 4.08. The topological polar surface area (TPSA) is 97.7 Å². The molecule has 0 fully saturated rings. The molecule has 0 aliphatic heterocycles. The van der Waals surface area contributed by atoms with Crippen molar-refractivity contribution in [1.29, 1.82) is 5.26 Å². The Bertz CT molecular complexity index is 978. The van der Waals surface area contributed by atoms with Crippen molar-refractivity contribution in [2.75, 3.05) is 26.1 Å². The quantitative estimate of drug-likeness (QED) is 0.416. The highest BCUT2D eigenvalue weighted by Gasteiger charge is 2.19. The summed E-state index contributed by atoms with van der Waals surface area (Å²) < 4.78 is 15.2. The van der Waals surface area contributed by atoms with Gasteiger partial charge in [0.25, 0.3) is 5.91 Å². The third kappa shape index (κ3) is 5.50. The van der Waals surface area contributed by atoms with E-state index in [1.54, 1.807) is 38.3 Å².